The van der Waals surface area contributed by atoms with Gasteiger partial charge in [0.05, 0.1) is 12.1 Å². The molecule has 2 rings (SSSR count). The lowest BCUT2D eigenvalue weighted by Crippen LogP contribution is -2.60. The lowest BCUT2D eigenvalue weighted by molar-refractivity contribution is 0.0593. The van der Waals surface area contributed by atoms with Crippen molar-refractivity contribution in [2.75, 3.05) is 73.1 Å². The van der Waals surface area contributed by atoms with Crippen LogP contribution in [-0.2, 0) is 0 Å². The zero-order chi connectivity index (χ0) is 15.3. The summed E-state index contributed by atoms with van der Waals surface area (Å²) in [5.74, 6) is 0.675. The molecule has 0 aromatic heterocycles. The minimum atomic E-state index is -0.0550. The van der Waals surface area contributed by atoms with Crippen LogP contribution in [0.25, 0.3) is 0 Å². The molecule has 0 aromatic rings. The average Bonchev–Trinajstić information content (AvgIpc) is 3.31. The van der Waals surface area contributed by atoms with Crippen molar-refractivity contribution < 1.29 is 5.11 Å². The topological polar surface area (TPSA) is 42.0 Å². The van der Waals surface area contributed by atoms with Crippen molar-refractivity contribution >= 4 is 0 Å². The molecular formula is C16H34N4O. The van der Waals surface area contributed by atoms with E-state index in [9.17, 15) is 5.11 Å². The maximum absolute atomic E-state index is 9.94. The van der Waals surface area contributed by atoms with E-state index in [-0.39, 0.29) is 12.1 Å². The summed E-state index contributed by atoms with van der Waals surface area (Å²) in [6.07, 6.45) is 2.55. The Labute approximate surface area is 130 Å². The van der Waals surface area contributed by atoms with E-state index in [2.05, 4.69) is 41.0 Å². The van der Waals surface area contributed by atoms with E-state index < -0.39 is 0 Å². The summed E-state index contributed by atoms with van der Waals surface area (Å²) in [7, 11) is 4.27. The normalized spacial score (nSPS) is 24.4. The monoisotopic (exact) mass is 298 g/mol. The van der Waals surface area contributed by atoms with Gasteiger partial charge in [-0.15, -0.1) is 0 Å². The number of piperazine rings is 1. The number of nitrogens with one attached hydrogen (secondary N) is 1. The Kier molecular flexibility index (Phi) is 6.44. The molecule has 1 atom stereocenters. The molecule has 1 unspecified atom stereocenters. The van der Waals surface area contributed by atoms with Crippen molar-refractivity contribution in [3.63, 3.8) is 0 Å². The van der Waals surface area contributed by atoms with Crippen molar-refractivity contribution in [2.45, 2.75) is 25.3 Å². The van der Waals surface area contributed by atoms with E-state index in [4.69, 9.17) is 0 Å². The second kappa shape index (κ2) is 7.88. The second-order valence-electron chi connectivity index (χ2n) is 7.04. The molecular weight excluding hydrogens is 264 g/mol. The smallest absolute Gasteiger partial charge is 0.0628 e. The highest BCUT2D eigenvalue weighted by atomic mass is 16.3. The van der Waals surface area contributed by atoms with Crippen LogP contribution in [0.1, 0.15) is 19.8 Å². The van der Waals surface area contributed by atoms with Gasteiger partial charge in [0.25, 0.3) is 0 Å². The highest BCUT2D eigenvalue weighted by molar-refractivity contribution is 5.03. The number of aliphatic hydroxyl groups is 1. The molecule has 5 nitrogen and oxygen atoms in total. The van der Waals surface area contributed by atoms with Gasteiger partial charge in [0.15, 0.2) is 0 Å². The first-order valence-electron chi connectivity index (χ1n) is 8.55. The molecule has 21 heavy (non-hydrogen) atoms. The molecule has 1 heterocycles. The van der Waals surface area contributed by atoms with Crippen molar-refractivity contribution in [3.05, 3.63) is 0 Å². The molecule has 124 valence electrons. The lowest BCUT2D eigenvalue weighted by Gasteiger charge is -2.42. The van der Waals surface area contributed by atoms with Gasteiger partial charge in [-0.25, -0.2) is 0 Å². The van der Waals surface area contributed by atoms with Crippen molar-refractivity contribution in [3.8, 4) is 0 Å². The van der Waals surface area contributed by atoms with Crippen LogP contribution >= 0.6 is 0 Å². The van der Waals surface area contributed by atoms with Gasteiger partial charge in [0, 0.05) is 45.8 Å². The molecule has 0 aromatic carbocycles. The van der Waals surface area contributed by atoms with Gasteiger partial charge in [-0.1, -0.05) is 6.92 Å². The van der Waals surface area contributed by atoms with Crippen molar-refractivity contribution in [2.24, 2.45) is 5.92 Å². The van der Waals surface area contributed by atoms with E-state index >= 15 is 0 Å². The second-order valence-corrected chi connectivity index (χ2v) is 7.04. The summed E-state index contributed by atoms with van der Waals surface area (Å²) in [6.45, 7) is 11.3. The maximum atomic E-state index is 9.94. The molecule has 5 heteroatoms. The summed E-state index contributed by atoms with van der Waals surface area (Å²) in [5.41, 5.74) is -0.0550. The zero-order valence-corrected chi connectivity index (χ0v) is 14.1. The molecule has 0 spiro atoms. The molecule has 1 saturated carbocycles. The molecule has 2 N–H and O–H groups in total. The minimum absolute atomic E-state index is 0.0550. The number of hydrogen-bond acceptors (Lipinski definition) is 5. The Bertz CT molecular complexity index is 301. The van der Waals surface area contributed by atoms with Gasteiger partial charge in [-0.3, -0.25) is 9.80 Å². The molecule has 2 aliphatic rings. The summed E-state index contributed by atoms with van der Waals surface area (Å²) in [6, 6.07) is 0. The molecule has 0 radical (unpaired) electrons. The van der Waals surface area contributed by atoms with Gasteiger partial charge in [0.1, 0.15) is 0 Å². The van der Waals surface area contributed by atoms with Crippen LogP contribution in [0, 0.1) is 5.92 Å². The van der Waals surface area contributed by atoms with Gasteiger partial charge in [-0.05, 0) is 39.4 Å². The van der Waals surface area contributed by atoms with Crippen LogP contribution in [0.4, 0.5) is 0 Å². The zero-order valence-electron chi connectivity index (χ0n) is 14.1. The van der Waals surface area contributed by atoms with E-state index in [0.29, 0.717) is 5.92 Å². The molecule has 1 saturated heterocycles. The number of hydrogen-bond donors (Lipinski definition) is 2. The van der Waals surface area contributed by atoms with Crippen LogP contribution < -0.4 is 5.32 Å². The van der Waals surface area contributed by atoms with Gasteiger partial charge < -0.3 is 15.3 Å². The SMILES string of the molecule is CCNC(CO)(CN1CCN(CCN(C)C)CC1)C1CC1. The largest absolute Gasteiger partial charge is 0.394 e. The third kappa shape index (κ3) is 4.89. The third-order valence-electron chi connectivity index (χ3n) is 5.00. The Morgan fingerprint density at radius 1 is 1.14 bits per heavy atom. The van der Waals surface area contributed by atoms with Crippen LogP contribution in [0.5, 0.6) is 0 Å². The van der Waals surface area contributed by atoms with Crippen molar-refractivity contribution in [1.82, 2.24) is 20.0 Å². The first kappa shape index (κ1) is 17.2. The summed E-state index contributed by atoms with van der Waals surface area (Å²) >= 11 is 0. The highest BCUT2D eigenvalue weighted by Gasteiger charge is 2.45. The predicted octanol–water partition coefficient (Wildman–Crippen LogP) is -0.0838. The molecule has 0 bridgehead atoms. The van der Waals surface area contributed by atoms with E-state index in [1.165, 1.54) is 19.4 Å². The predicted molar refractivity (Wildman–Crippen MR) is 87.7 cm³/mol. The Balaban J connectivity index is 1.78. The van der Waals surface area contributed by atoms with Crippen LogP contribution in [0.3, 0.4) is 0 Å². The van der Waals surface area contributed by atoms with Gasteiger partial charge >= 0.3 is 0 Å². The van der Waals surface area contributed by atoms with Crippen LogP contribution in [0.2, 0.25) is 0 Å². The Morgan fingerprint density at radius 2 is 1.76 bits per heavy atom. The summed E-state index contributed by atoms with van der Waals surface area (Å²) in [4.78, 5) is 7.35. The van der Waals surface area contributed by atoms with Crippen LogP contribution in [0.15, 0.2) is 0 Å². The molecule has 2 fully saturated rings. The standard InChI is InChI=1S/C16H34N4O/c1-4-17-16(14-21,15-5-6-15)13-20-11-9-19(10-12-20)8-7-18(2)3/h15,17,21H,4-14H2,1-3H3. The van der Waals surface area contributed by atoms with Crippen LogP contribution in [-0.4, -0.2) is 98.4 Å². The molecule has 1 aliphatic heterocycles. The lowest BCUT2D eigenvalue weighted by atomic mass is 9.93. The number of rotatable bonds is 9. The molecule has 1 aliphatic carbocycles. The minimum Gasteiger partial charge on any atom is -0.394 e. The van der Waals surface area contributed by atoms with E-state index in [1.807, 2.05) is 0 Å². The van der Waals surface area contributed by atoms with Gasteiger partial charge in [0.2, 0.25) is 0 Å². The first-order valence-corrected chi connectivity index (χ1v) is 8.55. The quantitative estimate of drug-likeness (QED) is 0.623. The summed E-state index contributed by atoms with van der Waals surface area (Å²) < 4.78 is 0. The fourth-order valence-corrected chi connectivity index (χ4v) is 3.46. The number of aliphatic hydroxyl groups excluding tert-OH is 1. The molecule has 0 amide bonds. The first-order chi connectivity index (χ1) is 10.1. The number of likely N-dealkylation sites (N-methyl/N-ethyl adjacent to an activating group) is 2. The maximum Gasteiger partial charge on any atom is 0.0628 e. The highest BCUT2D eigenvalue weighted by Crippen LogP contribution is 2.40. The number of nitrogens with zero attached hydrogens (tertiary/aromatic N) is 3. The fourth-order valence-electron chi connectivity index (χ4n) is 3.46. The van der Waals surface area contributed by atoms with Gasteiger partial charge in [-0.2, -0.15) is 0 Å². The third-order valence-corrected chi connectivity index (χ3v) is 5.00. The average molecular weight is 298 g/mol. The fraction of sp³-hybridized carbons (Fsp3) is 1.00. The Hall–Kier alpha value is -0.200. The van der Waals surface area contributed by atoms with E-state index in [0.717, 1.165) is 45.8 Å². The van der Waals surface area contributed by atoms with E-state index in [1.54, 1.807) is 0 Å². The van der Waals surface area contributed by atoms with Crippen molar-refractivity contribution in [1.29, 1.82) is 0 Å². The summed E-state index contributed by atoms with van der Waals surface area (Å²) in [5, 5.41) is 13.5. The Morgan fingerprint density at radius 3 is 2.24 bits per heavy atom.